The van der Waals surface area contributed by atoms with Gasteiger partial charge in [-0.25, -0.2) is 9.69 Å². The van der Waals surface area contributed by atoms with Crippen LogP contribution < -0.4 is 0 Å². The quantitative estimate of drug-likeness (QED) is 0.177. The van der Waals surface area contributed by atoms with Crippen molar-refractivity contribution in [3.8, 4) is 33.6 Å². The van der Waals surface area contributed by atoms with Crippen LogP contribution in [0.4, 0.5) is 11.4 Å². The van der Waals surface area contributed by atoms with E-state index in [9.17, 15) is 0 Å². The highest BCUT2D eigenvalue weighted by Crippen LogP contribution is 2.46. The first-order chi connectivity index (χ1) is 23.7. The van der Waals surface area contributed by atoms with E-state index in [0.717, 1.165) is 66.5 Å². The van der Waals surface area contributed by atoms with Gasteiger partial charge in [-0.2, -0.15) is 0 Å². The lowest BCUT2D eigenvalue weighted by molar-refractivity contribution is 1.16. The third-order valence-electron chi connectivity index (χ3n) is 9.34. The van der Waals surface area contributed by atoms with Gasteiger partial charge in [0.15, 0.2) is 5.69 Å². The van der Waals surface area contributed by atoms with Crippen molar-refractivity contribution in [1.82, 2.24) is 9.13 Å². The number of fused-ring (bicyclic) bond motifs is 6. The Balaban J connectivity index is 1.45. The van der Waals surface area contributed by atoms with E-state index in [-0.39, 0.29) is 0 Å². The van der Waals surface area contributed by atoms with Crippen LogP contribution in [0.1, 0.15) is 0 Å². The Morgan fingerprint density at radius 1 is 0.396 bits per heavy atom. The van der Waals surface area contributed by atoms with E-state index in [1.807, 2.05) is 54.6 Å². The van der Waals surface area contributed by atoms with Gasteiger partial charge in [-0.3, -0.25) is 0 Å². The molecular weight excluding hydrogens is 585 g/mol. The molecule has 2 heterocycles. The lowest BCUT2D eigenvalue weighted by Gasteiger charge is -2.21. The molecule has 0 N–H and O–H groups in total. The fourth-order valence-electron chi connectivity index (χ4n) is 7.29. The number of hydrogen-bond acceptors (Lipinski definition) is 0. The summed E-state index contributed by atoms with van der Waals surface area (Å²) in [5, 5.41) is 4.42. The van der Waals surface area contributed by atoms with Crippen molar-refractivity contribution < 1.29 is 0 Å². The molecule has 0 aliphatic carbocycles. The van der Waals surface area contributed by atoms with Crippen molar-refractivity contribution in [2.75, 3.05) is 0 Å². The van der Waals surface area contributed by atoms with Crippen LogP contribution in [0.2, 0.25) is 0 Å². The molecule has 0 unspecified atom stereocenters. The minimum atomic E-state index is 0.556. The van der Waals surface area contributed by atoms with Gasteiger partial charge in [-0.1, -0.05) is 109 Å². The maximum absolute atomic E-state index is 8.56. The van der Waals surface area contributed by atoms with E-state index in [2.05, 4.69) is 122 Å². The molecule has 0 aliphatic rings. The minimum Gasteiger partial charge on any atom is -0.318 e. The van der Waals surface area contributed by atoms with Crippen LogP contribution in [0.15, 0.2) is 158 Å². The van der Waals surface area contributed by atoms with Gasteiger partial charge in [0, 0.05) is 21.7 Å². The van der Waals surface area contributed by atoms with Crippen LogP contribution in [-0.4, -0.2) is 9.13 Å². The molecule has 0 atom stereocenters. The smallest absolute Gasteiger partial charge is 0.211 e. The predicted molar refractivity (Wildman–Crippen MR) is 199 cm³/mol. The van der Waals surface area contributed by atoms with Gasteiger partial charge in [0.1, 0.15) is 0 Å². The zero-order valence-electron chi connectivity index (χ0n) is 25.8. The van der Waals surface area contributed by atoms with E-state index < -0.39 is 0 Å². The van der Waals surface area contributed by atoms with E-state index >= 15 is 0 Å². The molecule has 222 valence electrons. The molecule has 0 fully saturated rings. The Kier molecular flexibility index (Phi) is 6.22. The fourth-order valence-corrected chi connectivity index (χ4v) is 7.29. The number of nitrogens with zero attached hydrogens (tertiary/aromatic N) is 4. The van der Waals surface area contributed by atoms with Crippen molar-refractivity contribution in [3.05, 3.63) is 181 Å². The normalized spacial score (nSPS) is 11.3. The Morgan fingerprint density at radius 2 is 0.958 bits per heavy atom. The van der Waals surface area contributed by atoms with Gasteiger partial charge in [0.05, 0.1) is 46.6 Å². The predicted octanol–water partition coefficient (Wildman–Crippen LogP) is 12.3. The Morgan fingerprint density at radius 3 is 1.62 bits per heavy atom. The number of benzene rings is 7. The van der Waals surface area contributed by atoms with Crippen LogP contribution in [0.5, 0.6) is 0 Å². The minimum absolute atomic E-state index is 0.556. The summed E-state index contributed by atoms with van der Waals surface area (Å²) in [5.74, 6) is 0. The molecule has 48 heavy (non-hydrogen) atoms. The molecule has 0 saturated carbocycles. The molecule has 4 heteroatoms. The maximum atomic E-state index is 8.56. The highest BCUT2D eigenvalue weighted by atomic mass is 15.0. The molecule has 0 aliphatic heterocycles. The average molecular weight is 611 g/mol. The number of aromatic nitrogens is 2. The van der Waals surface area contributed by atoms with Gasteiger partial charge >= 0.3 is 0 Å². The van der Waals surface area contributed by atoms with Gasteiger partial charge < -0.3 is 9.13 Å². The average Bonchev–Trinajstić information content (AvgIpc) is 3.67. The van der Waals surface area contributed by atoms with Crippen LogP contribution in [0, 0.1) is 13.1 Å². The standard InChI is InChI=1S/C44H26N4/c1-45-31-24-25-43-36(28-31)34-18-8-13-23-42(34)48(43)44-37(26-30(27-38(44)46-2)29-14-4-3-5-15-29)35-19-9-12-22-41(35)47-39-20-10-6-16-32(39)33-17-7-11-21-40(33)47/h3-28H. The zero-order valence-corrected chi connectivity index (χ0v) is 25.8. The summed E-state index contributed by atoms with van der Waals surface area (Å²) < 4.78 is 4.57. The van der Waals surface area contributed by atoms with E-state index in [1.165, 1.54) is 10.8 Å². The molecule has 2 aromatic heterocycles. The van der Waals surface area contributed by atoms with Gasteiger partial charge in [-0.15, -0.1) is 0 Å². The van der Waals surface area contributed by atoms with Crippen molar-refractivity contribution in [2.24, 2.45) is 0 Å². The molecule has 9 aromatic rings. The van der Waals surface area contributed by atoms with Crippen molar-refractivity contribution in [3.63, 3.8) is 0 Å². The highest BCUT2D eigenvalue weighted by molar-refractivity contribution is 6.13. The van der Waals surface area contributed by atoms with Crippen LogP contribution in [-0.2, 0) is 0 Å². The van der Waals surface area contributed by atoms with Gasteiger partial charge in [0.2, 0.25) is 5.69 Å². The van der Waals surface area contributed by atoms with Crippen molar-refractivity contribution in [1.29, 1.82) is 0 Å². The lowest BCUT2D eigenvalue weighted by atomic mass is 9.94. The summed E-state index contributed by atoms with van der Waals surface area (Å²) in [7, 11) is 0. The number of hydrogen-bond donors (Lipinski definition) is 0. The molecule has 0 amide bonds. The molecule has 0 bridgehead atoms. The summed E-state index contributed by atoms with van der Waals surface area (Å²) in [5.41, 5.74) is 11.2. The Hall–Kier alpha value is -6.88. The topological polar surface area (TPSA) is 18.6 Å². The first-order valence-electron chi connectivity index (χ1n) is 15.8. The third kappa shape index (κ3) is 4.07. The highest BCUT2D eigenvalue weighted by Gasteiger charge is 2.23. The lowest BCUT2D eigenvalue weighted by Crippen LogP contribution is -2.02. The largest absolute Gasteiger partial charge is 0.318 e. The summed E-state index contributed by atoms with van der Waals surface area (Å²) in [4.78, 5) is 7.95. The van der Waals surface area contributed by atoms with E-state index in [1.54, 1.807) is 0 Å². The van der Waals surface area contributed by atoms with E-state index in [0.29, 0.717) is 11.4 Å². The van der Waals surface area contributed by atoms with Crippen LogP contribution in [0.3, 0.4) is 0 Å². The molecule has 0 saturated heterocycles. The van der Waals surface area contributed by atoms with Crippen molar-refractivity contribution in [2.45, 2.75) is 0 Å². The second-order valence-electron chi connectivity index (χ2n) is 11.9. The summed E-state index contributed by atoms with van der Waals surface area (Å²) in [6, 6.07) is 54.3. The van der Waals surface area contributed by atoms with Crippen LogP contribution in [0.25, 0.3) is 86.9 Å². The summed E-state index contributed by atoms with van der Waals surface area (Å²) in [6.45, 7) is 16.3. The monoisotopic (exact) mass is 610 g/mol. The van der Waals surface area contributed by atoms with Crippen molar-refractivity contribution >= 4 is 55.0 Å². The molecule has 9 rings (SSSR count). The molecule has 0 spiro atoms. The second kappa shape index (κ2) is 10.9. The molecule has 0 radical (unpaired) electrons. The molecule has 7 aromatic carbocycles. The number of rotatable bonds is 4. The Labute approximate surface area is 277 Å². The van der Waals surface area contributed by atoms with Crippen LogP contribution >= 0.6 is 0 Å². The first-order valence-corrected chi connectivity index (χ1v) is 15.8. The van der Waals surface area contributed by atoms with Gasteiger partial charge in [-0.05, 0) is 70.6 Å². The summed E-state index contributed by atoms with van der Waals surface area (Å²) in [6.07, 6.45) is 0. The second-order valence-corrected chi connectivity index (χ2v) is 11.9. The molecule has 4 nitrogen and oxygen atoms in total. The number of para-hydroxylation sites is 4. The SMILES string of the molecule is [C-]#[N+]c1ccc2c(c1)c1ccccc1n2-c1c([N+]#[C-])cc(-c2ccccc2)cc1-c1ccccc1-n1c2ccccc2c2ccccc21. The fraction of sp³-hybridized carbons (Fsp3) is 0. The zero-order chi connectivity index (χ0) is 32.2. The molecular formula is C44H26N4. The first kappa shape index (κ1) is 27.4. The third-order valence-corrected chi connectivity index (χ3v) is 9.34. The Bertz CT molecular complexity index is 2750. The summed E-state index contributed by atoms with van der Waals surface area (Å²) >= 11 is 0. The van der Waals surface area contributed by atoms with Gasteiger partial charge in [0.25, 0.3) is 0 Å². The maximum Gasteiger partial charge on any atom is 0.211 e. The van der Waals surface area contributed by atoms with E-state index in [4.69, 9.17) is 13.1 Å².